The SMILES string of the molecule is CN=C(NCc1cccn1C)NC1CCN(C(=O)C2CCCCC2)C1. The lowest BCUT2D eigenvalue weighted by atomic mass is 9.88. The Hall–Kier alpha value is -1.98. The number of nitrogens with one attached hydrogen (secondary N) is 2. The summed E-state index contributed by atoms with van der Waals surface area (Å²) in [4.78, 5) is 19.0. The quantitative estimate of drug-likeness (QED) is 0.647. The molecule has 0 aromatic carbocycles. The van der Waals surface area contributed by atoms with Crippen LogP contribution in [0.3, 0.4) is 0 Å². The number of aliphatic imine (C=N–C) groups is 1. The van der Waals surface area contributed by atoms with Crippen molar-refractivity contribution >= 4 is 11.9 Å². The van der Waals surface area contributed by atoms with Crippen molar-refractivity contribution in [1.82, 2.24) is 20.1 Å². The monoisotopic (exact) mass is 345 g/mol. The van der Waals surface area contributed by atoms with Gasteiger partial charge in [-0.3, -0.25) is 9.79 Å². The van der Waals surface area contributed by atoms with E-state index in [-0.39, 0.29) is 12.0 Å². The molecular weight excluding hydrogens is 314 g/mol. The average molecular weight is 345 g/mol. The molecule has 1 saturated heterocycles. The molecule has 3 rings (SSSR count). The van der Waals surface area contributed by atoms with Crippen LogP contribution < -0.4 is 10.6 Å². The molecule has 0 spiro atoms. The van der Waals surface area contributed by atoms with Gasteiger partial charge in [0.15, 0.2) is 5.96 Å². The highest BCUT2D eigenvalue weighted by Gasteiger charge is 2.31. The lowest BCUT2D eigenvalue weighted by molar-refractivity contribution is -0.135. The van der Waals surface area contributed by atoms with E-state index in [0.29, 0.717) is 5.91 Å². The molecule has 6 heteroatoms. The number of likely N-dealkylation sites (tertiary alicyclic amines) is 1. The highest BCUT2D eigenvalue weighted by atomic mass is 16.2. The smallest absolute Gasteiger partial charge is 0.225 e. The Kier molecular flexibility index (Phi) is 6.00. The Morgan fingerprint density at radius 1 is 1.28 bits per heavy atom. The van der Waals surface area contributed by atoms with Gasteiger partial charge in [-0.15, -0.1) is 0 Å². The zero-order valence-electron chi connectivity index (χ0n) is 15.5. The van der Waals surface area contributed by atoms with Gasteiger partial charge < -0.3 is 20.1 Å². The van der Waals surface area contributed by atoms with Gasteiger partial charge in [-0.2, -0.15) is 0 Å². The summed E-state index contributed by atoms with van der Waals surface area (Å²) in [5.74, 6) is 1.44. The number of guanidine groups is 1. The molecule has 1 unspecified atom stereocenters. The second kappa shape index (κ2) is 8.41. The molecule has 1 aromatic rings. The zero-order chi connectivity index (χ0) is 17.6. The van der Waals surface area contributed by atoms with Crippen molar-refractivity contribution in [2.24, 2.45) is 18.0 Å². The van der Waals surface area contributed by atoms with Gasteiger partial charge in [0.1, 0.15) is 0 Å². The van der Waals surface area contributed by atoms with E-state index >= 15 is 0 Å². The Labute approximate surface area is 150 Å². The molecule has 1 saturated carbocycles. The predicted molar refractivity (Wildman–Crippen MR) is 100 cm³/mol. The number of aromatic nitrogens is 1. The fraction of sp³-hybridized carbons (Fsp3) is 0.684. The van der Waals surface area contributed by atoms with Gasteiger partial charge in [-0.05, 0) is 31.4 Å². The van der Waals surface area contributed by atoms with Gasteiger partial charge >= 0.3 is 0 Å². The van der Waals surface area contributed by atoms with E-state index in [9.17, 15) is 4.79 Å². The van der Waals surface area contributed by atoms with Crippen molar-refractivity contribution in [3.8, 4) is 0 Å². The minimum absolute atomic E-state index is 0.266. The summed E-state index contributed by atoms with van der Waals surface area (Å²) in [6.45, 7) is 2.39. The van der Waals surface area contributed by atoms with Crippen molar-refractivity contribution < 1.29 is 4.79 Å². The molecule has 1 aromatic heterocycles. The lowest BCUT2D eigenvalue weighted by Gasteiger charge is -2.26. The van der Waals surface area contributed by atoms with Gasteiger partial charge in [0.2, 0.25) is 5.91 Å². The Morgan fingerprint density at radius 2 is 2.08 bits per heavy atom. The van der Waals surface area contributed by atoms with Crippen LogP contribution >= 0.6 is 0 Å². The van der Waals surface area contributed by atoms with Crippen LogP contribution in [0.2, 0.25) is 0 Å². The maximum absolute atomic E-state index is 12.7. The van der Waals surface area contributed by atoms with Crippen LogP contribution in [0.25, 0.3) is 0 Å². The van der Waals surface area contributed by atoms with Crippen molar-refractivity contribution in [1.29, 1.82) is 0 Å². The highest BCUT2D eigenvalue weighted by molar-refractivity contribution is 5.81. The Morgan fingerprint density at radius 3 is 2.76 bits per heavy atom. The van der Waals surface area contributed by atoms with Crippen LogP contribution in [-0.4, -0.2) is 47.5 Å². The van der Waals surface area contributed by atoms with E-state index in [1.807, 2.05) is 19.3 Å². The molecule has 2 aliphatic rings. The summed E-state index contributed by atoms with van der Waals surface area (Å²) in [5.41, 5.74) is 1.21. The summed E-state index contributed by atoms with van der Waals surface area (Å²) in [7, 11) is 3.83. The number of carbonyl (C=O) groups excluding carboxylic acids is 1. The van der Waals surface area contributed by atoms with Gasteiger partial charge in [0, 0.05) is 51.0 Å². The number of rotatable bonds is 4. The zero-order valence-corrected chi connectivity index (χ0v) is 15.5. The summed E-state index contributed by atoms with van der Waals surface area (Å²) in [5, 5.41) is 6.83. The summed E-state index contributed by atoms with van der Waals surface area (Å²) in [6, 6.07) is 4.42. The lowest BCUT2D eigenvalue weighted by Crippen LogP contribution is -2.45. The fourth-order valence-corrected chi connectivity index (χ4v) is 3.93. The molecular formula is C19H31N5O. The molecule has 1 aliphatic heterocycles. The molecule has 1 atom stereocenters. The fourth-order valence-electron chi connectivity index (χ4n) is 3.93. The van der Waals surface area contributed by atoms with E-state index in [4.69, 9.17) is 0 Å². The first-order valence-electron chi connectivity index (χ1n) is 9.53. The second-order valence-corrected chi connectivity index (χ2v) is 7.29. The van der Waals surface area contributed by atoms with E-state index in [2.05, 4.69) is 31.2 Å². The molecule has 0 bridgehead atoms. The van der Waals surface area contributed by atoms with Crippen LogP contribution in [0.15, 0.2) is 23.3 Å². The number of aryl methyl sites for hydroxylation is 1. The van der Waals surface area contributed by atoms with E-state index in [1.54, 1.807) is 7.05 Å². The third-order valence-electron chi connectivity index (χ3n) is 5.51. The predicted octanol–water partition coefficient (Wildman–Crippen LogP) is 1.87. The highest BCUT2D eigenvalue weighted by Crippen LogP contribution is 2.26. The second-order valence-electron chi connectivity index (χ2n) is 7.29. The Bertz CT molecular complexity index is 603. The van der Waals surface area contributed by atoms with Gasteiger partial charge in [0.25, 0.3) is 0 Å². The van der Waals surface area contributed by atoms with Crippen LogP contribution in [0, 0.1) is 5.92 Å². The van der Waals surface area contributed by atoms with Gasteiger partial charge in [-0.1, -0.05) is 19.3 Å². The van der Waals surface area contributed by atoms with Crippen molar-refractivity contribution in [2.75, 3.05) is 20.1 Å². The standard InChI is InChI=1S/C19H31N5O/c1-20-19(21-13-17-9-6-11-23(17)2)22-16-10-12-24(14-16)18(25)15-7-4-3-5-8-15/h6,9,11,15-16H,3-5,7-8,10,12-14H2,1-2H3,(H2,20,21,22). The molecule has 6 nitrogen and oxygen atoms in total. The molecule has 2 N–H and O–H groups in total. The first-order valence-corrected chi connectivity index (χ1v) is 9.53. The largest absolute Gasteiger partial charge is 0.353 e. The summed E-state index contributed by atoms with van der Waals surface area (Å²) >= 11 is 0. The van der Waals surface area contributed by atoms with Crippen LogP contribution in [0.4, 0.5) is 0 Å². The first kappa shape index (κ1) is 17.8. The van der Waals surface area contributed by atoms with E-state index in [0.717, 1.165) is 44.9 Å². The summed E-state index contributed by atoms with van der Waals surface area (Å²) < 4.78 is 2.10. The summed E-state index contributed by atoms with van der Waals surface area (Å²) in [6.07, 6.45) is 8.89. The topological polar surface area (TPSA) is 61.7 Å². The minimum atomic E-state index is 0.266. The van der Waals surface area contributed by atoms with E-state index < -0.39 is 0 Å². The number of amides is 1. The van der Waals surface area contributed by atoms with Crippen LogP contribution in [-0.2, 0) is 18.4 Å². The molecule has 1 aliphatic carbocycles. The molecule has 0 radical (unpaired) electrons. The third-order valence-corrected chi connectivity index (χ3v) is 5.51. The van der Waals surface area contributed by atoms with E-state index in [1.165, 1.54) is 25.0 Å². The molecule has 1 amide bonds. The Balaban J connectivity index is 1.46. The van der Waals surface area contributed by atoms with Gasteiger partial charge in [-0.25, -0.2) is 0 Å². The third kappa shape index (κ3) is 4.55. The normalized spacial score (nSPS) is 22.2. The van der Waals surface area contributed by atoms with Crippen molar-refractivity contribution in [2.45, 2.75) is 51.1 Å². The maximum Gasteiger partial charge on any atom is 0.225 e. The van der Waals surface area contributed by atoms with Crippen molar-refractivity contribution in [3.63, 3.8) is 0 Å². The number of nitrogens with zero attached hydrogens (tertiary/aromatic N) is 3. The number of carbonyl (C=O) groups is 1. The molecule has 138 valence electrons. The maximum atomic E-state index is 12.7. The van der Waals surface area contributed by atoms with Crippen LogP contribution in [0.5, 0.6) is 0 Å². The number of hydrogen-bond acceptors (Lipinski definition) is 2. The molecule has 2 fully saturated rings. The number of hydrogen-bond donors (Lipinski definition) is 2. The minimum Gasteiger partial charge on any atom is -0.353 e. The van der Waals surface area contributed by atoms with Crippen LogP contribution in [0.1, 0.15) is 44.2 Å². The molecule has 2 heterocycles. The molecule has 25 heavy (non-hydrogen) atoms. The average Bonchev–Trinajstić information content (AvgIpc) is 3.27. The first-order chi connectivity index (χ1) is 12.2. The van der Waals surface area contributed by atoms with Gasteiger partial charge in [0.05, 0.1) is 6.54 Å². The van der Waals surface area contributed by atoms with Crippen molar-refractivity contribution in [3.05, 3.63) is 24.0 Å².